The van der Waals surface area contributed by atoms with Crippen LogP contribution in [0.1, 0.15) is 19.5 Å². The van der Waals surface area contributed by atoms with Crippen molar-refractivity contribution in [1.82, 2.24) is 19.6 Å². The Kier molecular flexibility index (Phi) is 3.92. The molecule has 1 aliphatic heterocycles. The van der Waals surface area contributed by atoms with Crippen LogP contribution in [0.25, 0.3) is 5.78 Å². The van der Waals surface area contributed by atoms with Crippen LogP contribution in [0.2, 0.25) is 0 Å². The first-order chi connectivity index (χ1) is 10.2. The molecule has 0 radical (unpaired) electrons. The van der Waals surface area contributed by atoms with E-state index in [1.807, 2.05) is 11.4 Å². The van der Waals surface area contributed by atoms with Gasteiger partial charge < -0.3 is 14.5 Å². The summed E-state index contributed by atoms with van der Waals surface area (Å²) in [5, 5.41) is 4.58. The number of nitrogens with zero attached hydrogens (tertiary/aromatic N) is 6. The Bertz CT molecular complexity index is 615. The van der Waals surface area contributed by atoms with Crippen LogP contribution in [0.15, 0.2) is 6.07 Å². The lowest BCUT2D eigenvalue weighted by Gasteiger charge is -2.25. The third kappa shape index (κ3) is 2.65. The van der Waals surface area contributed by atoms with Crippen LogP contribution < -0.4 is 9.80 Å². The molecular weight excluding hydrogens is 268 g/mol. The molecule has 0 bridgehead atoms. The van der Waals surface area contributed by atoms with E-state index in [1.54, 1.807) is 0 Å². The van der Waals surface area contributed by atoms with Crippen molar-refractivity contribution in [3.63, 3.8) is 0 Å². The maximum absolute atomic E-state index is 5.37. The summed E-state index contributed by atoms with van der Waals surface area (Å²) in [6.45, 7) is 11.3. The summed E-state index contributed by atoms with van der Waals surface area (Å²) >= 11 is 0. The molecule has 0 N–H and O–H groups in total. The van der Waals surface area contributed by atoms with Crippen LogP contribution in [0, 0.1) is 6.92 Å². The monoisotopic (exact) mass is 290 g/mol. The van der Waals surface area contributed by atoms with E-state index in [1.165, 1.54) is 0 Å². The standard InChI is InChI=1S/C14H22N6O/c1-4-18(5-2)12-10-11(3)20-13(15-12)16-14(17-20)19-6-8-21-9-7-19/h10H,4-9H2,1-3H3. The normalized spacial score (nSPS) is 15.7. The summed E-state index contributed by atoms with van der Waals surface area (Å²) in [5.41, 5.74) is 1.05. The molecule has 7 heteroatoms. The molecular formula is C14H22N6O. The number of aryl methyl sites for hydroxylation is 1. The molecule has 3 heterocycles. The van der Waals surface area contributed by atoms with Gasteiger partial charge in [0.25, 0.3) is 5.78 Å². The van der Waals surface area contributed by atoms with Crippen LogP contribution in [0.3, 0.4) is 0 Å². The highest BCUT2D eigenvalue weighted by atomic mass is 16.5. The third-order valence-electron chi connectivity index (χ3n) is 3.85. The molecule has 0 spiro atoms. The van der Waals surface area contributed by atoms with Gasteiger partial charge >= 0.3 is 0 Å². The number of rotatable bonds is 4. The summed E-state index contributed by atoms with van der Waals surface area (Å²) in [6, 6.07) is 2.07. The first-order valence-electron chi connectivity index (χ1n) is 7.55. The molecule has 2 aromatic rings. The summed E-state index contributed by atoms with van der Waals surface area (Å²) in [4.78, 5) is 13.6. The molecule has 0 aromatic carbocycles. The fourth-order valence-corrected chi connectivity index (χ4v) is 2.59. The van der Waals surface area contributed by atoms with E-state index < -0.39 is 0 Å². The highest BCUT2D eigenvalue weighted by Crippen LogP contribution is 2.17. The van der Waals surface area contributed by atoms with E-state index in [9.17, 15) is 0 Å². The predicted octanol–water partition coefficient (Wildman–Crippen LogP) is 1.12. The van der Waals surface area contributed by atoms with E-state index in [0.717, 1.165) is 56.9 Å². The fourth-order valence-electron chi connectivity index (χ4n) is 2.59. The van der Waals surface area contributed by atoms with E-state index in [2.05, 4.69) is 44.8 Å². The number of anilines is 2. The first-order valence-corrected chi connectivity index (χ1v) is 7.55. The fraction of sp³-hybridized carbons (Fsp3) is 0.643. The Morgan fingerprint density at radius 3 is 2.57 bits per heavy atom. The predicted molar refractivity (Wildman–Crippen MR) is 82.1 cm³/mol. The third-order valence-corrected chi connectivity index (χ3v) is 3.85. The van der Waals surface area contributed by atoms with Crippen molar-refractivity contribution in [1.29, 1.82) is 0 Å². The highest BCUT2D eigenvalue weighted by molar-refractivity contribution is 5.49. The van der Waals surface area contributed by atoms with Gasteiger partial charge in [0.15, 0.2) is 0 Å². The van der Waals surface area contributed by atoms with Crippen molar-refractivity contribution >= 4 is 17.5 Å². The van der Waals surface area contributed by atoms with E-state index >= 15 is 0 Å². The van der Waals surface area contributed by atoms with Crippen LogP contribution in [0.4, 0.5) is 11.8 Å². The van der Waals surface area contributed by atoms with Gasteiger partial charge in [-0.2, -0.15) is 14.5 Å². The molecule has 0 aliphatic carbocycles. The first kappa shape index (κ1) is 14.1. The molecule has 0 amide bonds. The van der Waals surface area contributed by atoms with E-state index in [4.69, 9.17) is 4.74 Å². The average Bonchev–Trinajstić information content (AvgIpc) is 2.94. The molecule has 7 nitrogen and oxygen atoms in total. The van der Waals surface area contributed by atoms with Gasteiger partial charge in [-0.25, -0.2) is 0 Å². The molecule has 0 saturated carbocycles. The Morgan fingerprint density at radius 1 is 1.19 bits per heavy atom. The zero-order chi connectivity index (χ0) is 14.8. The van der Waals surface area contributed by atoms with Crippen molar-refractivity contribution in [2.75, 3.05) is 49.2 Å². The maximum Gasteiger partial charge on any atom is 0.256 e. The average molecular weight is 290 g/mol. The van der Waals surface area contributed by atoms with Gasteiger partial charge in [0, 0.05) is 37.9 Å². The number of fused-ring (bicyclic) bond motifs is 1. The zero-order valence-electron chi connectivity index (χ0n) is 12.9. The molecule has 3 rings (SSSR count). The molecule has 21 heavy (non-hydrogen) atoms. The molecule has 1 aliphatic rings. The molecule has 1 saturated heterocycles. The SMILES string of the molecule is CCN(CC)c1cc(C)n2nc(N3CCOCC3)nc2n1. The van der Waals surface area contributed by atoms with E-state index in [-0.39, 0.29) is 0 Å². The summed E-state index contributed by atoms with van der Waals surface area (Å²) in [7, 11) is 0. The molecule has 114 valence electrons. The smallest absolute Gasteiger partial charge is 0.256 e. The van der Waals surface area contributed by atoms with E-state index in [0.29, 0.717) is 5.78 Å². The van der Waals surface area contributed by atoms with Crippen LogP contribution in [-0.4, -0.2) is 59.0 Å². The van der Waals surface area contributed by atoms with Gasteiger partial charge in [-0.3, -0.25) is 0 Å². The molecule has 2 aromatic heterocycles. The molecule has 1 fully saturated rings. The number of morpholine rings is 1. The Labute approximate surface area is 124 Å². The summed E-state index contributed by atoms with van der Waals surface area (Å²) in [6.07, 6.45) is 0. The van der Waals surface area contributed by atoms with Crippen molar-refractivity contribution in [2.24, 2.45) is 0 Å². The highest BCUT2D eigenvalue weighted by Gasteiger charge is 2.18. The quantitative estimate of drug-likeness (QED) is 0.841. The Morgan fingerprint density at radius 2 is 1.90 bits per heavy atom. The lowest BCUT2D eigenvalue weighted by molar-refractivity contribution is 0.122. The minimum absolute atomic E-state index is 0.665. The largest absolute Gasteiger partial charge is 0.378 e. The topological polar surface area (TPSA) is 58.8 Å². The lowest BCUT2D eigenvalue weighted by atomic mass is 10.4. The van der Waals surface area contributed by atoms with Crippen molar-refractivity contribution in [3.05, 3.63) is 11.8 Å². The second kappa shape index (κ2) is 5.85. The van der Waals surface area contributed by atoms with Crippen LogP contribution in [0.5, 0.6) is 0 Å². The van der Waals surface area contributed by atoms with Crippen LogP contribution >= 0.6 is 0 Å². The number of hydrogen-bond acceptors (Lipinski definition) is 6. The lowest BCUT2D eigenvalue weighted by Crippen LogP contribution is -2.36. The van der Waals surface area contributed by atoms with Gasteiger partial charge in [0.05, 0.1) is 13.2 Å². The number of ether oxygens (including phenoxy) is 1. The van der Waals surface area contributed by atoms with Gasteiger partial charge in [0.2, 0.25) is 5.95 Å². The van der Waals surface area contributed by atoms with Crippen LogP contribution in [-0.2, 0) is 4.74 Å². The Balaban J connectivity index is 1.98. The molecule has 0 atom stereocenters. The maximum atomic E-state index is 5.37. The zero-order valence-corrected chi connectivity index (χ0v) is 12.9. The summed E-state index contributed by atoms with van der Waals surface area (Å²) < 4.78 is 7.19. The second-order valence-electron chi connectivity index (χ2n) is 5.15. The van der Waals surface area contributed by atoms with Crippen molar-refractivity contribution in [3.8, 4) is 0 Å². The number of aromatic nitrogens is 4. The summed E-state index contributed by atoms with van der Waals surface area (Å²) in [5.74, 6) is 2.37. The van der Waals surface area contributed by atoms with Gasteiger partial charge in [-0.15, -0.1) is 5.10 Å². The number of hydrogen-bond donors (Lipinski definition) is 0. The minimum atomic E-state index is 0.665. The minimum Gasteiger partial charge on any atom is -0.378 e. The van der Waals surface area contributed by atoms with Crippen molar-refractivity contribution < 1.29 is 4.74 Å². The van der Waals surface area contributed by atoms with Gasteiger partial charge in [-0.05, 0) is 20.8 Å². The molecule has 0 unspecified atom stereocenters. The van der Waals surface area contributed by atoms with Gasteiger partial charge in [0.1, 0.15) is 5.82 Å². The van der Waals surface area contributed by atoms with Crippen molar-refractivity contribution in [2.45, 2.75) is 20.8 Å². The second-order valence-corrected chi connectivity index (χ2v) is 5.15. The van der Waals surface area contributed by atoms with Gasteiger partial charge in [-0.1, -0.05) is 0 Å². The Hall–Kier alpha value is -1.89.